The second-order valence-electron chi connectivity index (χ2n) is 5.75. The van der Waals surface area contributed by atoms with Crippen LogP contribution < -0.4 is 0 Å². The summed E-state index contributed by atoms with van der Waals surface area (Å²) in [5.74, 6) is 0. The van der Waals surface area contributed by atoms with Crippen LogP contribution in [0, 0.1) is 13.8 Å². The second-order valence-corrected chi connectivity index (χ2v) is 6.55. The molecule has 0 aliphatic heterocycles. The Bertz CT molecular complexity index is 650. The topological polar surface area (TPSA) is 31.2 Å². The van der Waals surface area contributed by atoms with Gasteiger partial charge in [-0.25, -0.2) is 4.79 Å². The third kappa shape index (κ3) is 2.68. The van der Waals surface area contributed by atoms with Crippen LogP contribution in [0.25, 0.3) is 10.9 Å². The molecular formula is C15H18BrNO2. The summed E-state index contributed by atoms with van der Waals surface area (Å²) in [6.07, 6.45) is 1.41. The summed E-state index contributed by atoms with van der Waals surface area (Å²) in [4.78, 5) is 12.2. The molecule has 1 heterocycles. The lowest BCUT2D eigenvalue weighted by atomic mass is 10.1. The average molecular weight is 324 g/mol. The zero-order chi connectivity index (χ0) is 14.4. The fourth-order valence-corrected chi connectivity index (χ4v) is 2.58. The molecule has 0 saturated heterocycles. The van der Waals surface area contributed by atoms with Crippen molar-refractivity contribution in [2.75, 3.05) is 0 Å². The van der Waals surface area contributed by atoms with Crippen molar-refractivity contribution in [2.24, 2.45) is 0 Å². The van der Waals surface area contributed by atoms with Gasteiger partial charge in [0, 0.05) is 16.1 Å². The van der Waals surface area contributed by atoms with Gasteiger partial charge in [-0.05, 0) is 67.7 Å². The van der Waals surface area contributed by atoms with Gasteiger partial charge in [0.05, 0.1) is 5.52 Å². The Hall–Kier alpha value is -1.29. The Morgan fingerprint density at radius 1 is 1.26 bits per heavy atom. The standard InChI is InChI=1S/C15H18BrNO2/c1-9-8-10(2)13-11(12(9)16)6-7-17(13)14(18)19-15(3,4)5/h6-8H,1-5H3. The van der Waals surface area contributed by atoms with Gasteiger partial charge in [-0.1, -0.05) is 6.07 Å². The smallest absolute Gasteiger partial charge is 0.419 e. The third-order valence-corrected chi connectivity index (χ3v) is 3.92. The number of rotatable bonds is 0. The number of benzene rings is 1. The number of nitrogens with zero attached hydrogens (tertiary/aromatic N) is 1. The number of carbonyl (C=O) groups is 1. The van der Waals surface area contributed by atoms with E-state index in [0.717, 1.165) is 26.5 Å². The van der Waals surface area contributed by atoms with E-state index in [0.29, 0.717) is 0 Å². The van der Waals surface area contributed by atoms with Gasteiger partial charge in [0.25, 0.3) is 0 Å². The number of fused-ring (bicyclic) bond motifs is 1. The van der Waals surface area contributed by atoms with Crippen molar-refractivity contribution in [2.45, 2.75) is 40.2 Å². The normalized spacial score (nSPS) is 11.9. The van der Waals surface area contributed by atoms with Crippen LogP contribution >= 0.6 is 15.9 Å². The Kier molecular flexibility index (Phi) is 3.47. The molecule has 0 atom stereocenters. The Balaban J connectivity index is 2.58. The van der Waals surface area contributed by atoms with Crippen molar-refractivity contribution < 1.29 is 9.53 Å². The lowest BCUT2D eigenvalue weighted by Crippen LogP contribution is -2.26. The quantitative estimate of drug-likeness (QED) is 0.697. The van der Waals surface area contributed by atoms with Gasteiger partial charge in [0.15, 0.2) is 0 Å². The molecule has 0 unspecified atom stereocenters. The summed E-state index contributed by atoms with van der Waals surface area (Å²) in [7, 11) is 0. The second kappa shape index (κ2) is 4.67. The molecule has 0 radical (unpaired) electrons. The molecule has 3 nitrogen and oxygen atoms in total. The highest BCUT2D eigenvalue weighted by Crippen LogP contribution is 2.31. The molecule has 0 bridgehead atoms. The van der Waals surface area contributed by atoms with Gasteiger partial charge in [-0.2, -0.15) is 0 Å². The highest BCUT2D eigenvalue weighted by atomic mass is 79.9. The number of hydrogen-bond acceptors (Lipinski definition) is 2. The number of aromatic nitrogens is 1. The van der Waals surface area contributed by atoms with Crippen LogP contribution in [-0.4, -0.2) is 16.3 Å². The fourth-order valence-electron chi connectivity index (χ4n) is 2.14. The zero-order valence-corrected chi connectivity index (χ0v) is 13.5. The van der Waals surface area contributed by atoms with Crippen LogP contribution in [-0.2, 0) is 4.74 Å². The minimum atomic E-state index is -0.497. The highest BCUT2D eigenvalue weighted by molar-refractivity contribution is 9.10. The predicted octanol–water partition coefficient (Wildman–Crippen LogP) is 4.80. The van der Waals surface area contributed by atoms with E-state index in [4.69, 9.17) is 4.74 Å². The summed E-state index contributed by atoms with van der Waals surface area (Å²) in [5.41, 5.74) is 2.62. The summed E-state index contributed by atoms with van der Waals surface area (Å²) in [6, 6.07) is 4.00. The molecule has 0 fully saturated rings. The first-order chi connectivity index (χ1) is 8.70. The average Bonchev–Trinajstić information content (AvgIpc) is 2.68. The first-order valence-electron chi connectivity index (χ1n) is 6.21. The lowest BCUT2D eigenvalue weighted by Gasteiger charge is -2.20. The van der Waals surface area contributed by atoms with Gasteiger partial charge in [-0.15, -0.1) is 0 Å². The van der Waals surface area contributed by atoms with E-state index in [1.165, 1.54) is 0 Å². The molecule has 4 heteroatoms. The van der Waals surface area contributed by atoms with Crippen molar-refractivity contribution in [1.29, 1.82) is 0 Å². The van der Waals surface area contributed by atoms with Crippen LogP contribution in [0.2, 0.25) is 0 Å². The Morgan fingerprint density at radius 2 is 1.89 bits per heavy atom. The SMILES string of the molecule is Cc1cc(C)c2c(ccn2C(=O)OC(C)(C)C)c1Br. The number of carbonyl (C=O) groups excluding carboxylic acids is 1. The molecular weight excluding hydrogens is 306 g/mol. The zero-order valence-electron chi connectivity index (χ0n) is 11.9. The van der Waals surface area contributed by atoms with E-state index >= 15 is 0 Å². The monoisotopic (exact) mass is 323 g/mol. The first kappa shape index (κ1) is 14.1. The van der Waals surface area contributed by atoms with Gasteiger partial charge in [0.2, 0.25) is 0 Å². The number of halogens is 1. The molecule has 2 aromatic rings. The summed E-state index contributed by atoms with van der Waals surface area (Å²) in [6.45, 7) is 9.64. The molecule has 0 aliphatic rings. The van der Waals surface area contributed by atoms with Crippen LogP contribution in [0.3, 0.4) is 0 Å². The van der Waals surface area contributed by atoms with E-state index in [1.54, 1.807) is 10.8 Å². The van der Waals surface area contributed by atoms with Crippen LogP contribution in [0.4, 0.5) is 4.79 Å². The third-order valence-electron chi connectivity index (χ3n) is 2.87. The number of aryl methyl sites for hydroxylation is 2. The minimum Gasteiger partial charge on any atom is -0.443 e. The molecule has 0 amide bonds. The molecule has 19 heavy (non-hydrogen) atoms. The van der Waals surface area contributed by atoms with Crippen molar-refractivity contribution in [1.82, 2.24) is 4.57 Å². The van der Waals surface area contributed by atoms with Gasteiger partial charge >= 0.3 is 6.09 Å². The predicted molar refractivity (Wildman–Crippen MR) is 80.7 cm³/mol. The minimum absolute atomic E-state index is 0.346. The largest absolute Gasteiger partial charge is 0.443 e. The highest BCUT2D eigenvalue weighted by Gasteiger charge is 2.20. The Morgan fingerprint density at radius 3 is 2.47 bits per heavy atom. The molecule has 2 rings (SSSR count). The molecule has 102 valence electrons. The van der Waals surface area contributed by atoms with E-state index in [-0.39, 0.29) is 6.09 Å². The number of hydrogen-bond donors (Lipinski definition) is 0. The van der Waals surface area contributed by atoms with Crippen LogP contribution in [0.1, 0.15) is 31.9 Å². The first-order valence-corrected chi connectivity index (χ1v) is 7.00. The van der Waals surface area contributed by atoms with E-state index in [9.17, 15) is 4.79 Å². The van der Waals surface area contributed by atoms with Crippen LogP contribution in [0.15, 0.2) is 22.8 Å². The summed E-state index contributed by atoms with van der Waals surface area (Å²) in [5, 5.41) is 1.03. The molecule has 0 aliphatic carbocycles. The maximum atomic E-state index is 12.2. The van der Waals surface area contributed by atoms with E-state index in [2.05, 4.69) is 22.0 Å². The van der Waals surface area contributed by atoms with Crippen molar-refractivity contribution in [3.63, 3.8) is 0 Å². The van der Waals surface area contributed by atoms with E-state index < -0.39 is 5.60 Å². The van der Waals surface area contributed by atoms with Gasteiger partial charge in [0.1, 0.15) is 5.60 Å². The van der Waals surface area contributed by atoms with Crippen LogP contribution in [0.5, 0.6) is 0 Å². The lowest BCUT2D eigenvalue weighted by molar-refractivity contribution is 0.0544. The molecule has 0 spiro atoms. The Labute approximate surface area is 121 Å². The van der Waals surface area contributed by atoms with Crippen molar-refractivity contribution >= 4 is 32.9 Å². The molecule has 1 aromatic carbocycles. The molecule has 0 saturated carbocycles. The maximum absolute atomic E-state index is 12.2. The van der Waals surface area contributed by atoms with Gasteiger partial charge in [-0.3, -0.25) is 4.57 Å². The van der Waals surface area contributed by atoms with Gasteiger partial charge < -0.3 is 4.74 Å². The molecule has 0 N–H and O–H groups in total. The van der Waals surface area contributed by atoms with Crippen molar-refractivity contribution in [3.8, 4) is 0 Å². The van der Waals surface area contributed by atoms with E-state index in [1.807, 2.05) is 40.7 Å². The summed E-state index contributed by atoms with van der Waals surface area (Å²) < 4.78 is 8.02. The summed E-state index contributed by atoms with van der Waals surface area (Å²) >= 11 is 3.57. The molecule has 1 aromatic heterocycles. The van der Waals surface area contributed by atoms with Crippen molar-refractivity contribution in [3.05, 3.63) is 33.9 Å². The fraction of sp³-hybridized carbons (Fsp3) is 0.400. The number of ether oxygens (including phenoxy) is 1. The maximum Gasteiger partial charge on any atom is 0.419 e.